The van der Waals surface area contributed by atoms with Crippen LogP contribution in [0.4, 0.5) is 0 Å². The normalized spacial score (nSPS) is 12.5. The fourth-order valence-corrected chi connectivity index (χ4v) is 2.45. The van der Waals surface area contributed by atoms with Crippen molar-refractivity contribution < 1.29 is 5.11 Å². The number of aliphatic hydroxyl groups is 1. The molecule has 1 atom stereocenters. The van der Waals surface area contributed by atoms with Gasteiger partial charge in [0, 0.05) is 6.42 Å². The highest BCUT2D eigenvalue weighted by Crippen LogP contribution is 2.24. The molecule has 1 heteroatoms. The van der Waals surface area contributed by atoms with Gasteiger partial charge in [0.1, 0.15) is 0 Å². The average molecular weight is 254 g/mol. The van der Waals surface area contributed by atoms with Crippen LogP contribution < -0.4 is 0 Å². The Morgan fingerprint density at radius 2 is 1.47 bits per heavy atom. The molecule has 2 aromatic carbocycles. The van der Waals surface area contributed by atoms with Crippen molar-refractivity contribution in [2.75, 3.05) is 0 Å². The van der Waals surface area contributed by atoms with E-state index in [4.69, 9.17) is 0 Å². The molecular formula is C18H22O. The van der Waals surface area contributed by atoms with Gasteiger partial charge in [-0.2, -0.15) is 0 Å². The van der Waals surface area contributed by atoms with E-state index < -0.39 is 6.10 Å². The fraction of sp³-hybridized carbons (Fsp3) is 0.333. The molecule has 0 radical (unpaired) electrons. The lowest BCUT2D eigenvalue weighted by Crippen LogP contribution is -2.05. The Kier molecular flexibility index (Phi) is 4.06. The van der Waals surface area contributed by atoms with Crippen molar-refractivity contribution in [2.24, 2.45) is 0 Å². The van der Waals surface area contributed by atoms with Crippen molar-refractivity contribution >= 4 is 0 Å². The second kappa shape index (κ2) is 5.58. The molecule has 0 bridgehead atoms. The van der Waals surface area contributed by atoms with E-state index >= 15 is 0 Å². The molecule has 0 spiro atoms. The molecule has 0 saturated heterocycles. The first kappa shape index (κ1) is 13.8. The summed E-state index contributed by atoms with van der Waals surface area (Å²) in [5, 5.41) is 10.4. The van der Waals surface area contributed by atoms with Crippen LogP contribution in [0.1, 0.15) is 39.5 Å². The second-order valence-electron chi connectivity index (χ2n) is 5.43. The molecule has 1 nitrogen and oxygen atoms in total. The molecule has 0 saturated carbocycles. The lowest BCUT2D eigenvalue weighted by atomic mass is 9.93. The molecule has 0 aliphatic rings. The Morgan fingerprint density at radius 1 is 0.842 bits per heavy atom. The lowest BCUT2D eigenvalue weighted by Gasteiger charge is -2.16. The summed E-state index contributed by atoms with van der Waals surface area (Å²) in [6, 6.07) is 12.5. The van der Waals surface area contributed by atoms with Crippen LogP contribution in [-0.4, -0.2) is 5.11 Å². The summed E-state index contributed by atoms with van der Waals surface area (Å²) in [5.74, 6) is 0. The summed E-state index contributed by atoms with van der Waals surface area (Å²) in [4.78, 5) is 0. The van der Waals surface area contributed by atoms with Gasteiger partial charge in [0.25, 0.3) is 0 Å². The van der Waals surface area contributed by atoms with Crippen molar-refractivity contribution in [3.05, 3.63) is 69.8 Å². The van der Waals surface area contributed by atoms with Crippen LogP contribution in [0.3, 0.4) is 0 Å². The monoisotopic (exact) mass is 254 g/mol. The van der Waals surface area contributed by atoms with Gasteiger partial charge in [0.15, 0.2) is 0 Å². The van der Waals surface area contributed by atoms with Gasteiger partial charge in [-0.15, -0.1) is 0 Å². The van der Waals surface area contributed by atoms with Crippen LogP contribution in [0.15, 0.2) is 36.4 Å². The first-order chi connectivity index (χ1) is 8.99. The van der Waals surface area contributed by atoms with Crippen molar-refractivity contribution in [3.8, 4) is 0 Å². The van der Waals surface area contributed by atoms with Gasteiger partial charge >= 0.3 is 0 Å². The van der Waals surface area contributed by atoms with E-state index in [9.17, 15) is 5.11 Å². The maximum absolute atomic E-state index is 10.4. The molecule has 1 unspecified atom stereocenters. The van der Waals surface area contributed by atoms with Gasteiger partial charge in [-0.3, -0.25) is 0 Å². The smallest absolute Gasteiger partial charge is 0.0830 e. The van der Waals surface area contributed by atoms with Gasteiger partial charge in [-0.05, 0) is 61.1 Å². The standard InChI is InChI=1S/C18H22O/c1-12-8-9-16(10-15(12)4)18(19)11-17-13(2)6-5-7-14(17)3/h5-10,18-19H,11H2,1-4H3. The molecule has 100 valence electrons. The number of aryl methyl sites for hydroxylation is 4. The van der Waals surface area contributed by atoms with E-state index in [1.807, 2.05) is 6.07 Å². The highest BCUT2D eigenvalue weighted by atomic mass is 16.3. The molecule has 0 aromatic heterocycles. The third-order valence-electron chi connectivity index (χ3n) is 3.96. The third kappa shape index (κ3) is 3.05. The molecule has 2 aromatic rings. The van der Waals surface area contributed by atoms with Crippen molar-refractivity contribution in [1.82, 2.24) is 0 Å². The fourth-order valence-electron chi connectivity index (χ4n) is 2.45. The summed E-state index contributed by atoms with van der Waals surface area (Å²) >= 11 is 0. The zero-order chi connectivity index (χ0) is 14.0. The van der Waals surface area contributed by atoms with Crippen molar-refractivity contribution in [1.29, 1.82) is 0 Å². The molecule has 0 fully saturated rings. The highest BCUT2D eigenvalue weighted by molar-refractivity contribution is 5.36. The third-order valence-corrected chi connectivity index (χ3v) is 3.96. The predicted octanol–water partition coefficient (Wildman–Crippen LogP) is 4.20. The maximum atomic E-state index is 10.4. The van der Waals surface area contributed by atoms with Crippen LogP contribution in [0, 0.1) is 27.7 Å². The highest BCUT2D eigenvalue weighted by Gasteiger charge is 2.12. The maximum Gasteiger partial charge on any atom is 0.0830 e. The van der Waals surface area contributed by atoms with Gasteiger partial charge in [0.2, 0.25) is 0 Å². The Morgan fingerprint density at radius 3 is 2.05 bits per heavy atom. The summed E-state index contributed by atoms with van der Waals surface area (Å²) in [6.45, 7) is 8.40. The van der Waals surface area contributed by atoms with Crippen LogP contribution in [0.25, 0.3) is 0 Å². The number of hydrogen-bond acceptors (Lipinski definition) is 1. The van der Waals surface area contributed by atoms with E-state index in [2.05, 4.69) is 58.0 Å². The molecule has 19 heavy (non-hydrogen) atoms. The second-order valence-corrected chi connectivity index (χ2v) is 5.43. The van der Waals surface area contributed by atoms with E-state index in [0.717, 1.165) is 5.56 Å². The van der Waals surface area contributed by atoms with E-state index in [1.165, 1.54) is 27.8 Å². The summed E-state index contributed by atoms with van der Waals surface area (Å²) in [6.07, 6.45) is 0.250. The van der Waals surface area contributed by atoms with Gasteiger partial charge in [-0.25, -0.2) is 0 Å². The first-order valence-corrected chi connectivity index (χ1v) is 6.79. The minimum atomic E-state index is -0.431. The van der Waals surface area contributed by atoms with Crippen molar-refractivity contribution in [2.45, 2.75) is 40.2 Å². The lowest BCUT2D eigenvalue weighted by molar-refractivity contribution is 0.178. The first-order valence-electron chi connectivity index (χ1n) is 6.79. The van der Waals surface area contributed by atoms with Crippen LogP contribution in [-0.2, 0) is 6.42 Å². The van der Waals surface area contributed by atoms with Crippen LogP contribution >= 0.6 is 0 Å². The summed E-state index contributed by atoms with van der Waals surface area (Å²) in [7, 11) is 0. The molecule has 2 rings (SSSR count). The zero-order valence-corrected chi connectivity index (χ0v) is 12.2. The molecule has 0 aliphatic carbocycles. The topological polar surface area (TPSA) is 20.2 Å². The number of rotatable bonds is 3. The van der Waals surface area contributed by atoms with Gasteiger partial charge in [-0.1, -0.05) is 36.4 Å². The summed E-state index contributed by atoms with van der Waals surface area (Å²) in [5.41, 5.74) is 7.27. The van der Waals surface area contributed by atoms with Gasteiger partial charge < -0.3 is 5.11 Å². The van der Waals surface area contributed by atoms with Crippen molar-refractivity contribution in [3.63, 3.8) is 0 Å². The Balaban J connectivity index is 2.25. The van der Waals surface area contributed by atoms with Gasteiger partial charge in [0.05, 0.1) is 6.10 Å². The molecule has 0 aliphatic heterocycles. The minimum Gasteiger partial charge on any atom is -0.388 e. The van der Waals surface area contributed by atoms with E-state index in [0.29, 0.717) is 6.42 Å². The number of aliphatic hydroxyl groups excluding tert-OH is 1. The van der Waals surface area contributed by atoms with E-state index in [1.54, 1.807) is 0 Å². The SMILES string of the molecule is Cc1ccc(C(O)Cc2c(C)cccc2C)cc1C. The predicted molar refractivity (Wildman–Crippen MR) is 80.5 cm³/mol. The molecule has 0 heterocycles. The zero-order valence-electron chi connectivity index (χ0n) is 12.2. The Hall–Kier alpha value is -1.60. The molecule has 1 N–H and O–H groups in total. The largest absolute Gasteiger partial charge is 0.388 e. The quantitative estimate of drug-likeness (QED) is 0.870. The van der Waals surface area contributed by atoms with E-state index in [-0.39, 0.29) is 0 Å². The Labute approximate surface area is 115 Å². The minimum absolute atomic E-state index is 0.431. The Bertz CT molecular complexity index is 564. The van der Waals surface area contributed by atoms with Crippen LogP contribution in [0.5, 0.6) is 0 Å². The number of benzene rings is 2. The average Bonchev–Trinajstić information content (AvgIpc) is 2.37. The number of hydrogen-bond donors (Lipinski definition) is 1. The molecular weight excluding hydrogens is 232 g/mol. The molecule has 0 amide bonds. The van der Waals surface area contributed by atoms with Crippen LogP contribution in [0.2, 0.25) is 0 Å². The summed E-state index contributed by atoms with van der Waals surface area (Å²) < 4.78 is 0.